The number of nitrogens with zero attached hydrogens (tertiary/aromatic N) is 2. The molecule has 0 unspecified atom stereocenters. The lowest BCUT2D eigenvalue weighted by Crippen LogP contribution is -2.11. The van der Waals surface area contributed by atoms with Crippen LogP contribution >= 0.6 is 15.9 Å². The van der Waals surface area contributed by atoms with E-state index in [2.05, 4.69) is 21.0 Å². The lowest BCUT2D eigenvalue weighted by atomic mass is 10.1. The lowest BCUT2D eigenvalue weighted by Gasteiger charge is -2.04. The van der Waals surface area contributed by atoms with E-state index >= 15 is 0 Å². The van der Waals surface area contributed by atoms with Crippen molar-refractivity contribution in [3.05, 3.63) is 41.6 Å². The summed E-state index contributed by atoms with van der Waals surface area (Å²) in [5.41, 5.74) is 0.436. The van der Waals surface area contributed by atoms with Crippen molar-refractivity contribution in [3.8, 4) is 11.3 Å². The van der Waals surface area contributed by atoms with Crippen LogP contribution in [0.5, 0.6) is 0 Å². The van der Waals surface area contributed by atoms with Crippen molar-refractivity contribution in [3.63, 3.8) is 0 Å². The monoisotopic (exact) mass is 346 g/mol. The van der Waals surface area contributed by atoms with Gasteiger partial charge < -0.3 is 0 Å². The summed E-state index contributed by atoms with van der Waals surface area (Å²) in [5.74, 6) is -0.0893. The molecule has 2 aromatic rings. The molecule has 0 atom stereocenters. The molecule has 0 aliphatic rings. The number of hydrogen-bond acceptors (Lipinski definition) is 2. The summed E-state index contributed by atoms with van der Waals surface area (Å²) >= 11 is 3.06. The van der Waals surface area contributed by atoms with Crippen LogP contribution in [0.15, 0.2) is 30.3 Å². The van der Waals surface area contributed by atoms with Crippen molar-refractivity contribution >= 4 is 21.7 Å². The fourth-order valence-electron chi connectivity index (χ4n) is 1.78. The molecule has 0 aliphatic heterocycles. The van der Waals surface area contributed by atoms with E-state index in [0.29, 0.717) is 11.1 Å². The maximum atomic E-state index is 12.7. The summed E-state index contributed by atoms with van der Waals surface area (Å²) in [7, 11) is 1.25. The van der Waals surface area contributed by atoms with Crippen molar-refractivity contribution in [2.24, 2.45) is 7.05 Å². The fraction of sp³-hybridized carbons (Fsp3) is 0.231. The number of aromatic nitrogens is 2. The number of alkyl halides is 4. The number of carbonyl (C=O) groups excluding carboxylic acids is 1. The van der Waals surface area contributed by atoms with Gasteiger partial charge in [-0.2, -0.15) is 18.3 Å². The molecule has 106 valence electrons. The zero-order valence-corrected chi connectivity index (χ0v) is 12.0. The molecule has 1 aromatic heterocycles. The van der Waals surface area contributed by atoms with Crippen LogP contribution in [-0.4, -0.2) is 20.9 Å². The second kappa shape index (κ2) is 5.40. The Bertz CT molecular complexity index is 632. The minimum Gasteiger partial charge on any atom is -0.293 e. The van der Waals surface area contributed by atoms with Gasteiger partial charge in [-0.25, -0.2) is 0 Å². The van der Waals surface area contributed by atoms with Crippen LogP contribution in [0, 0.1) is 0 Å². The third kappa shape index (κ3) is 2.92. The Morgan fingerprint density at radius 1 is 1.30 bits per heavy atom. The second-order valence-corrected chi connectivity index (χ2v) is 4.73. The van der Waals surface area contributed by atoms with Gasteiger partial charge >= 0.3 is 6.18 Å². The van der Waals surface area contributed by atoms with Gasteiger partial charge in [-0.3, -0.25) is 9.48 Å². The topological polar surface area (TPSA) is 34.9 Å². The summed E-state index contributed by atoms with van der Waals surface area (Å²) in [6.45, 7) is 0. The molecule has 20 heavy (non-hydrogen) atoms. The molecule has 7 heteroatoms. The van der Waals surface area contributed by atoms with Crippen molar-refractivity contribution < 1.29 is 18.0 Å². The molecule has 0 saturated carbocycles. The SMILES string of the molecule is Cn1nc(-c2ccc(C(=O)CBr)cc2)cc1C(F)(F)F. The van der Waals surface area contributed by atoms with Gasteiger partial charge in [-0.15, -0.1) is 0 Å². The largest absolute Gasteiger partial charge is 0.433 e. The molecule has 0 saturated heterocycles. The highest BCUT2D eigenvalue weighted by Gasteiger charge is 2.35. The molecular weight excluding hydrogens is 337 g/mol. The van der Waals surface area contributed by atoms with Crippen LogP contribution in [0.2, 0.25) is 0 Å². The van der Waals surface area contributed by atoms with Crippen molar-refractivity contribution in [1.82, 2.24) is 9.78 Å². The standard InChI is InChI=1S/C13H10BrF3N2O/c1-19-12(13(15,16)17)6-10(18-19)8-2-4-9(5-3-8)11(20)7-14/h2-6H,7H2,1H3. The van der Waals surface area contributed by atoms with Crippen LogP contribution in [0.1, 0.15) is 16.1 Å². The van der Waals surface area contributed by atoms with Crippen LogP contribution < -0.4 is 0 Å². The summed E-state index contributed by atoms with van der Waals surface area (Å²) < 4.78 is 38.8. The van der Waals surface area contributed by atoms with E-state index in [0.717, 1.165) is 10.7 Å². The van der Waals surface area contributed by atoms with Gasteiger partial charge in [0.1, 0.15) is 5.69 Å². The molecule has 0 fully saturated rings. The van der Waals surface area contributed by atoms with Gasteiger partial charge in [-0.1, -0.05) is 40.2 Å². The van der Waals surface area contributed by atoms with Gasteiger partial charge in [0.2, 0.25) is 0 Å². The first-order chi connectivity index (χ1) is 9.32. The molecule has 1 aromatic carbocycles. The van der Waals surface area contributed by atoms with E-state index in [9.17, 15) is 18.0 Å². The zero-order chi connectivity index (χ0) is 14.9. The van der Waals surface area contributed by atoms with Gasteiger partial charge in [0.25, 0.3) is 0 Å². The first-order valence-electron chi connectivity index (χ1n) is 5.64. The highest BCUT2D eigenvalue weighted by molar-refractivity contribution is 9.09. The molecule has 0 N–H and O–H groups in total. The van der Waals surface area contributed by atoms with Gasteiger partial charge in [-0.05, 0) is 6.07 Å². The highest BCUT2D eigenvalue weighted by atomic mass is 79.9. The first kappa shape index (κ1) is 14.8. The average Bonchev–Trinajstić information content (AvgIpc) is 2.80. The number of aryl methyl sites for hydroxylation is 1. The van der Waals surface area contributed by atoms with Gasteiger partial charge in [0.05, 0.1) is 11.0 Å². The molecule has 3 nitrogen and oxygen atoms in total. The Balaban J connectivity index is 2.35. The van der Waals surface area contributed by atoms with E-state index in [1.54, 1.807) is 24.3 Å². The highest BCUT2D eigenvalue weighted by Crippen LogP contribution is 2.31. The number of halogens is 4. The average molecular weight is 347 g/mol. The van der Waals surface area contributed by atoms with Gasteiger partial charge in [0.15, 0.2) is 5.78 Å². The zero-order valence-electron chi connectivity index (χ0n) is 10.4. The van der Waals surface area contributed by atoms with E-state index in [-0.39, 0.29) is 16.8 Å². The van der Waals surface area contributed by atoms with Crippen molar-refractivity contribution in [2.45, 2.75) is 6.18 Å². The van der Waals surface area contributed by atoms with Crippen LogP contribution in [0.25, 0.3) is 11.3 Å². The number of carbonyl (C=O) groups is 1. The van der Waals surface area contributed by atoms with Crippen LogP contribution in [-0.2, 0) is 13.2 Å². The number of hydrogen-bond donors (Lipinski definition) is 0. The molecule has 0 radical (unpaired) electrons. The third-order valence-electron chi connectivity index (χ3n) is 2.79. The maximum Gasteiger partial charge on any atom is 0.433 e. The summed E-state index contributed by atoms with van der Waals surface area (Å²) in [6, 6.07) is 7.29. The minimum atomic E-state index is -4.44. The van der Waals surface area contributed by atoms with Gasteiger partial charge in [0, 0.05) is 18.2 Å². The quantitative estimate of drug-likeness (QED) is 0.627. The molecule has 0 aliphatic carbocycles. The second-order valence-electron chi connectivity index (χ2n) is 4.17. The molecule has 1 heterocycles. The van der Waals surface area contributed by atoms with Crippen LogP contribution in [0.4, 0.5) is 13.2 Å². The van der Waals surface area contributed by atoms with E-state index in [4.69, 9.17) is 0 Å². The summed E-state index contributed by atoms with van der Waals surface area (Å²) in [4.78, 5) is 11.4. The number of ketones is 1. The molecular formula is C13H10BrF3N2O. The lowest BCUT2D eigenvalue weighted by molar-refractivity contribution is -0.143. The number of benzene rings is 1. The van der Waals surface area contributed by atoms with E-state index in [1.165, 1.54) is 7.05 Å². The number of rotatable bonds is 3. The van der Waals surface area contributed by atoms with E-state index < -0.39 is 11.9 Å². The Morgan fingerprint density at radius 3 is 2.35 bits per heavy atom. The fourth-order valence-corrected chi connectivity index (χ4v) is 2.10. The Labute approximate surface area is 121 Å². The molecule has 2 rings (SSSR count). The summed E-state index contributed by atoms with van der Waals surface area (Å²) in [6.07, 6.45) is -4.44. The Morgan fingerprint density at radius 2 is 1.90 bits per heavy atom. The predicted molar refractivity (Wildman–Crippen MR) is 71.8 cm³/mol. The van der Waals surface area contributed by atoms with Crippen molar-refractivity contribution in [2.75, 3.05) is 5.33 Å². The molecule has 0 spiro atoms. The molecule has 0 bridgehead atoms. The normalized spacial score (nSPS) is 11.7. The Kier molecular flexibility index (Phi) is 3.99. The van der Waals surface area contributed by atoms with Crippen molar-refractivity contribution in [1.29, 1.82) is 0 Å². The van der Waals surface area contributed by atoms with Crippen LogP contribution in [0.3, 0.4) is 0 Å². The summed E-state index contributed by atoms with van der Waals surface area (Å²) in [5, 5.41) is 4.05. The smallest absolute Gasteiger partial charge is 0.293 e. The maximum absolute atomic E-state index is 12.7. The minimum absolute atomic E-state index is 0.0893. The first-order valence-corrected chi connectivity index (χ1v) is 6.76. The van der Waals surface area contributed by atoms with E-state index in [1.807, 2.05) is 0 Å². The third-order valence-corrected chi connectivity index (χ3v) is 3.30. The number of Topliss-reactive ketones (excluding diaryl/α,β-unsaturated/α-hetero) is 1. The Hall–Kier alpha value is -1.63. The molecule has 0 amide bonds. The predicted octanol–water partition coefficient (Wildman–Crippen LogP) is 3.68.